The number of rotatable bonds is 7. The lowest BCUT2D eigenvalue weighted by Gasteiger charge is -2.23. The van der Waals surface area contributed by atoms with E-state index in [2.05, 4.69) is 22.4 Å². The van der Waals surface area contributed by atoms with Crippen LogP contribution in [0.1, 0.15) is 76.9 Å². The van der Waals surface area contributed by atoms with Crippen LogP contribution in [0, 0.1) is 0 Å². The number of aliphatic hydroxyl groups excluding tert-OH is 2. The predicted octanol–water partition coefficient (Wildman–Crippen LogP) is 5.62. The number of carbonyl (C=O) groups is 1. The molecule has 4 aromatic rings. The van der Waals surface area contributed by atoms with Gasteiger partial charge in [0.05, 0.1) is 17.9 Å². The van der Waals surface area contributed by atoms with Crippen LogP contribution in [0.15, 0.2) is 67.1 Å². The van der Waals surface area contributed by atoms with Crippen LogP contribution in [0.4, 0.5) is 10.6 Å². The Balaban J connectivity index is 0.000000371. The molecule has 3 atom stereocenters. The van der Waals surface area contributed by atoms with Crippen molar-refractivity contribution in [3.63, 3.8) is 0 Å². The Labute approximate surface area is 236 Å². The van der Waals surface area contributed by atoms with Crippen molar-refractivity contribution < 1.29 is 19.7 Å². The number of nitrogens with one attached hydrogen (secondary N) is 1. The molecule has 40 heavy (non-hydrogen) atoms. The van der Waals surface area contributed by atoms with Crippen molar-refractivity contribution in [1.82, 2.24) is 19.7 Å². The lowest BCUT2D eigenvalue weighted by Crippen LogP contribution is -2.39. The number of alkyl carbamates (subject to hydrolysis) is 1. The number of anilines is 1. The van der Waals surface area contributed by atoms with Gasteiger partial charge in [-0.2, -0.15) is 0 Å². The van der Waals surface area contributed by atoms with Gasteiger partial charge in [0.15, 0.2) is 0 Å². The summed E-state index contributed by atoms with van der Waals surface area (Å²) in [5, 5.41) is 22.0. The monoisotopic (exact) mass is 547 g/mol. The molecule has 0 fully saturated rings. The molecule has 5 N–H and O–H groups in total. The molecule has 0 aliphatic carbocycles. The second kappa shape index (κ2) is 13.4. The van der Waals surface area contributed by atoms with Crippen molar-refractivity contribution in [2.24, 2.45) is 0 Å². The zero-order valence-corrected chi connectivity index (χ0v) is 24.1. The number of nitrogens with zero attached hydrogens (tertiary/aromatic N) is 3. The maximum atomic E-state index is 12.1. The van der Waals surface area contributed by atoms with Gasteiger partial charge in [-0.3, -0.25) is 0 Å². The summed E-state index contributed by atoms with van der Waals surface area (Å²) in [7, 11) is 0. The number of hydrogen-bond acceptors (Lipinski definition) is 7. The first-order valence-corrected chi connectivity index (χ1v) is 13.5. The highest BCUT2D eigenvalue weighted by Crippen LogP contribution is 2.24. The van der Waals surface area contributed by atoms with Gasteiger partial charge in [0.25, 0.3) is 0 Å². The van der Waals surface area contributed by atoms with E-state index in [-0.39, 0.29) is 12.1 Å². The third-order valence-corrected chi connectivity index (χ3v) is 6.23. The minimum Gasteiger partial charge on any atom is -0.444 e. The normalized spacial score (nSPS) is 13.6. The molecule has 0 spiro atoms. The van der Waals surface area contributed by atoms with Crippen molar-refractivity contribution in [2.45, 2.75) is 78.2 Å². The topological polar surface area (TPSA) is 135 Å². The highest BCUT2D eigenvalue weighted by molar-refractivity contribution is 5.68. The van der Waals surface area contributed by atoms with Crippen LogP contribution in [-0.2, 0) is 11.2 Å². The number of nitrogen functional groups attached to an aromatic ring is 1. The van der Waals surface area contributed by atoms with E-state index < -0.39 is 17.8 Å². The number of fused-ring (bicyclic) bond motifs is 1. The molecule has 1 aromatic carbocycles. The minimum atomic E-state index is -0.574. The summed E-state index contributed by atoms with van der Waals surface area (Å²) < 4.78 is 7.30. The van der Waals surface area contributed by atoms with Gasteiger partial charge in [-0.25, -0.2) is 14.8 Å². The molecule has 0 aliphatic heterocycles. The number of amides is 1. The number of imidazole rings is 1. The number of aromatic nitrogens is 3. The smallest absolute Gasteiger partial charge is 0.407 e. The predicted molar refractivity (Wildman–Crippen MR) is 158 cm³/mol. The van der Waals surface area contributed by atoms with Crippen LogP contribution < -0.4 is 11.1 Å². The number of aliphatic hydroxyl groups is 2. The third kappa shape index (κ3) is 8.53. The first-order chi connectivity index (χ1) is 18.9. The van der Waals surface area contributed by atoms with E-state index in [1.807, 2.05) is 68.8 Å². The quantitative estimate of drug-likeness (QED) is 0.236. The van der Waals surface area contributed by atoms with E-state index in [1.165, 1.54) is 0 Å². The average Bonchev–Trinajstić information content (AvgIpc) is 3.32. The average molecular weight is 548 g/mol. The van der Waals surface area contributed by atoms with Crippen LogP contribution in [-0.4, -0.2) is 42.3 Å². The van der Waals surface area contributed by atoms with Gasteiger partial charge in [-0.1, -0.05) is 43.3 Å². The van der Waals surface area contributed by atoms with Gasteiger partial charge in [0.1, 0.15) is 17.1 Å². The number of benzene rings is 1. The molecular weight excluding hydrogens is 506 g/mol. The van der Waals surface area contributed by atoms with Gasteiger partial charge >= 0.3 is 6.09 Å². The summed E-state index contributed by atoms with van der Waals surface area (Å²) in [5.74, 6) is 0.400. The Morgan fingerprint density at radius 3 is 2.25 bits per heavy atom. The second-order valence-electron chi connectivity index (χ2n) is 10.8. The fourth-order valence-electron chi connectivity index (χ4n) is 4.15. The molecular formula is C31H41N5O4. The van der Waals surface area contributed by atoms with E-state index in [0.29, 0.717) is 11.4 Å². The maximum Gasteiger partial charge on any atom is 0.407 e. The van der Waals surface area contributed by atoms with Crippen LogP contribution >= 0.6 is 0 Å². The number of pyridine rings is 2. The van der Waals surface area contributed by atoms with Crippen LogP contribution in [0.5, 0.6) is 0 Å². The first kappa shape index (κ1) is 30.6. The Hall–Kier alpha value is -3.95. The molecule has 3 heterocycles. The van der Waals surface area contributed by atoms with E-state index >= 15 is 0 Å². The van der Waals surface area contributed by atoms with Crippen molar-refractivity contribution in [1.29, 1.82) is 0 Å². The second-order valence-corrected chi connectivity index (χ2v) is 10.8. The summed E-state index contributed by atoms with van der Waals surface area (Å²) in [6.45, 7) is 11.0. The molecule has 0 saturated carbocycles. The molecule has 0 radical (unpaired) electrons. The first-order valence-electron chi connectivity index (χ1n) is 13.5. The Morgan fingerprint density at radius 2 is 1.70 bits per heavy atom. The molecule has 1 amide bonds. The Morgan fingerprint density at radius 1 is 1.05 bits per heavy atom. The number of hydrogen-bond donors (Lipinski definition) is 4. The number of ether oxygens (including phenoxy) is 1. The fraction of sp³-hybridized carbons (Fsp3) is 0.387. The van der Waals surface area contributed by atoms with Gasteiger partial charge in [-0.15, -0.1) is 0 Å². The molecule has 214 valence electrons. The molecule has 9 heteroatoms. The molecule has 0 saturated heterocycles. The van der Waals surface area contributed by atoms with E-state index in [0.717, 1.165) is 40.9 Å². The SMILES string of the molecule is CC(O)c1cccnc1N.CC[C@H](Cc1ccc(-c2cn3cccc(C(C)O)c3n2)cc1)NC(=O)OC(C)(C)C. The van der Waals surface area contributed by atoms with Gasteiger partial charge < -0.3 is 30.4 Å². The van der Waals surface area contributed by atoms with Gasteiger partial charge in [0.2, 0.25) is 0 Å². The summed E-state index contributed by atoms with van der Waals surface area (Å²) in [6, 6.07) is 15.5. The molecule has 0 bridgehead atoms. The molecule has 4 rings (SSSR count). The Bertz CT molecular complexity index is 1390. The Kier molecular flexibility index (Phi) is 10.3. The largest absolute Gasteiger partial charge is 0.444 e. The zero-order chi connectivity index (χ0) is 29.4. The molecule has 9 nitrogen and oxygen atoms in total. The van der Waals surface area contributed by atoms with Gasteiger partial charge in [0, 0.05) is 41.3 Å². The van der Waals surface area contributed by atoms with E-state index in [4.69, 9.17) is 20.6 Å². The lowest BCUT2D eigenvalue weighted by atomic mass is 10.0. The fourth-order valence-corrected chi connectivity index (χ4v) is 4.15. The number of nitrogens with two attached hydrogens (primary N) is 1. The van der Waals surface area contributed by atoms with Crippen LogP contribution in [0.3, 0.4) is 0 Å². The third-order valence-electron chi connectivity index (χ3n) is 6.23. The summed E-state index contributed by atoms with van der Waals surface area (Å²) >= 11 is 0. The minimum absolute atomic E-state index is 0.00879. The molecule has 3 aromatic heterocycles. The highest BCUT2D eigenvalue weighted by atomic mass is 16.6. The van der Waals surface area contributed by atoms with Crippen LogP contribution in [0.25, 0.3) is 16.9 Å². The summed E-state index contributed by atoms with van der Waals surface area (Å²) in [4.78, 5) is 20.6. The zero-order valence-electron chi connectivity index (χ0n) is 24.1. The van der Waals surface area contributed by atoms with Crippen LogP contribution in [0.2, 0.25) is 0 Å². The van der Waals surface area contributed by atoms with Crippen molar-refractivity contribution in [3.05, 3.63) is 83.8 Å². The lowest BCUT2D eigenvalue weighted by molar-refractivity contribution is 0.0503. The summed E-state index contributed by atoms with van der Waals surface area (Å²) in [5.41, 5.74) is 10.2. The van der Waals surface area contributed by atoms with Crippen molar-refractivity contribution in [3.8, 4) is 11.3 Å². The standard InChI is InChI=1S/C24H31N3O3.C7H10N2O/c1-6-19(25-23(29)30-24(3,4)5)14-17-9-11-18(12-10-17)21-15-27-13-7-8-20(16(2)28)22(27)26-21;1-5(10)6-3-2-4-9-7(6)8/h7-13,15-16,19,28H,6,14H2,1-5H3,(H,25,29);2-5,10H,1H3,(H2,8,9)/t16?,19-;/m1./s1. The maximum absolute atomic E-state index is 12.1. The number of carbonyl (C=O) groups excluding carboxylic acids is 1. The highest BCUT2D eigenvalue weighted by Gasteiger charge is 2.19. The van der Waals surface area contributed by atoms with Crippen molar-refractivity contribution in [2.75, 3.05) is 5.73 Å². The van der Waals surface area contributed by atoms with Gasteiger partial charge in [-0.05, 0) is 65.2 Å². The molecule has 0 aliphatic rings. The summed E-state index contributed by atoms with van der Waals surface area (Å²) in [6.07, 6.45) is 5.55. The van der Waals surface area contributed by atoms with E-state index in [1.54, 1.807) is 32.2 Å². The van der Waals surface area contributed by atoms with Crippen molar-refractivity contribution >= 4 is 17.6 Å². The van der Waals surface area contributed by atoms with E-state index in [9.17, 15) is 9.90 Å². The molecule has 2 unspecified atom stereocenters.